The van der Waals surface area contributed by atoms with Gasteiger partial charge in [0.15, 0.2) is 5.82 Å². The summed E-state index contributed by atoms with van der Waals surface area (Å²) in [5.74, 6) is -0.199. The lowest BCUT2D eigenvalue weighted by atomic mass is 9.71. The summed E-state index contributed by atoms with van der Waals surface area (Å²) in [5.41, 5.74) is 0.155. The Labute approximate surface area is 259 Å². The van der Waals surface area contributed by atoms with Gasteiger partial charge in [-0.2, -0.15) is 5.10 Å². The zero-order valence-corrected chi connectivity index (χ0v) is 27.5. The Morgan fingerprint density at radius 3 is 2.42 bits per heavy atom. The maximum Gasteiger partial charge on any atom is 0.313 e. The van der Waals surface area contributed by atoms with Crippen molar-refractivity contribution in [2.24, 2.45) is 5.41 Å². The number of carbonyl (C=O) groups is 1. The fourth-order valence-electron chi connectivity index (χ4n) is 5.87. The summed E-state index contributed by atoms with van der Waals surface area (Å²) in [5, 5.41) is 7.99. The molecule has 0 amide bonds. The number of nitrogens with zero attached hydrogens (tertiary/aromatic N) is 4. The van der Waals surface area contributed by atoms with Gasteiger partial charge in [0.05, 0.1) is 21.7 Å². The molecule has 1 saturated heterocycles. The SMILES string of the molecule is Cc1cc(Nc2cc(C)n(C(C)(C)C)n2)nc(C[C@@]2(C(=O)OC(C)(C)C)CCN(Cc3cccc(Cl)c3F)[C@H](C)C2)c1F. The van der Waals surface area contributed by atoms with E-state index in [0.29, 0.717) is 48.7 Å². The van der Waals surface area contributed by atoms with Crippen LogP contribution in [0.3, 0.4) is 0 Å². The van der Waals surface area contributed by atoms with Crippen molar-refractivity contribution in [1.29, 1.82) is 0 Å². The minimum absolute atomic E-state index is 0.0727. The van der Waals surface area contributed by atoms with Crippen LogP contribution >= 0.6 is 11.6 Å². The fourth-order valence-corrected chi connectivity index (χ4v) is 6.07. The quantitative estimate of drug-likeness (QED) is 0.273. The lowest BCUT2D eigenvalue weighted by molar-refractivity contribution is -0.172. The number of carbonyl (C=O) groups excluding carboxylic acids is 1. The number of piperidine rings is 1. The van der Waals surface area contributed by atoms with Crippen molar-refractivity contribution in [3.63, 3.8) is 0 Å². The van der Waals surface area contributed by atoms with Crippen LogP contribution in [0.15, 0.2) is 30.3 Å². The second-order valence-corrected chi connectivity index (χ2v) is 14.3. The van der Waals surface area contributed by atoms with Crippen molar-refractivity contribution in [3.05, 3.63) is 69.5 Å². The minimum atomic E-state index is -1.01. The van der Waals surface area contributed by atoms with Crippen LogP contribution in [-0.4, -0.2) is 43.8 Å². The van der Waals surface area contributed by atoms with Gasteiger partial charge in [0, 0.05) is 36.3 Å². The lowest BCUT2D eigenvalue weighted by Gasteiger charge is -2.45. The highest BCUT2D eigenvalue weighted by molar-refractivity contribution is 6.30. The van der Waals surface area contributed by atoms with E-state index >= 15 is 4.39 Å². The summed E-state index contributed by atoms with van der Waals surface area (Å²) in [6.07, 6.45) is 0.877. The first-order valence-electron chi connectivity index (χ1n) is 14.8. The molecule has 3 aromatic rings. The first-order chi connectivity index (χ1) is 19.9. The number of hydrogen-bond acceptors (Lipinski definition) is 6. The van der Waals surface area contributed by atoms with Gasteiger partial charge in [-0.25, -0.2) is 13.8 Å². The van der Waals surface area contributed by atoms with Gasteiger partial charge in [-0.1, -0.05) is 23.7 Å². The van der Waals surface area contributed by atoms with Gasteiger partial charge >= 0.3 is 5.97 Å². The number of hydrogen-bond donors (Lipinski definition) is 1. The number of nitrogens with one attached hydrogen (secondary N) is 1. The van der Waals surface area contributed by atoms with E-state index in [1.165, 1.54) is 6.07 Å². The van der Waals surface area contributed by atoms with Crippen LogP contribution in [-0.2, 0) is 28.0 Å². The van der Waals surface area contributed by atoms with Gasteiger partial charge in [0.2, 0.25) is 0 Å². The van der Waals surface area contributed by atoms with E-state index in [1.807, 2.05) is 45.4 Å². The molecule has 0 unspecified atom stereocenters. The molecule has 0 aliphatic carbocycles. The number of likely N-dealkylation sites (tertiary alicyclic amines) is 1. The first kappa shape index (κ1) is 32.9. The number of benzene rings is 1. The normalized spacial score (nSPS) is 19.9. The summed E-state index contributed by atoms with van der Waals surface area (Å²) in [6, 6.07) is 8.43. The summed E-state index contributed by atoms with van der Waals surface area (Å²) in [7, 11) is 0. The van der Waals surface area contributed by atoms with Crippen LogP contribution in [0, 0.1) is 30.9 Å². The van der Waals surface area contributed by atoms with Crippen LogP contribution in [0.2, 0.25) is 5.02 Å². The van der Waals surface area contributed by atoms with Crippen molar-refractivity contribution in [2.45, 2.75) is 105 Å². The number of pyridine rings is 1. The third kappa shape index (κ3) is 7.55. The predicted molar refractivity (Wildman–Crippen MR) is 167 cm³/mol. The zero-order valence-electron chi connectivity index (χ0n) is 26.7. The van der Waals surface area contributed by atoms with Crippen LogP contribution in [0.25, 0.3) is 0 Å². The number of aryl methyl sites for hydroxylation is 2. The molecule has 2 atom stereocenters. The molecule has 43 heavy (non-hydrogen) atoms. The standard InChI is InChI=1S/C33H44ClF2N5O2/c1-20-15-26(38-27-16-21(2)41(39-27)31(4,5)6)37-25(28(20)35)18-33(30(42)43-32(7,8)9)13-14-40(22(3)17-33)19-23-11-10-12-24(34)29(23)36/h10-12,15-16,22H,13-14,17-19H2,1-9H3,(H,37,38,39)/t22-,33-/m1/s1. The zero-order chi connectivity index (χ0) is 31.9. The molecule has 0 spiro atoms. The smallest absolute Gasteiger partial charge is 0.313 e. The minimum Gasteiger partial charge on any atom is -0.460 e. The summed E-state index contributed by atoms with van der Waals surface area (Å²) in [4.78, 5) is 20.6. The van der Waals surface area contributed by atoms with Gasteiger partial charge in [-0.15, -0.1) is 0 Å². The van der Waals surface area contributed by atoms with Crippen LogP contribution < -0.4 is 5.32 Å². The highest BCUT2D eigenvalue weighted by Crippen LogP contribution is 2.41. The number of ether oxygens (including phenoxy) is 1. The molecule has 1 N–H and O–H groups in total. The molecule has 1 fully saturated rings. The van der Waals surface area contributed by atoms with Crippen LogP contribution in [0.4, 0.5) is 20.4 Å². The molecule has 7 nitrogen and oxygen atoms in total. The summed E-state index contributed by atoms with van der Waals surface area (Å²) in [6.45, 7) is 18.2. The van der Waals surface area contributed by atoms with E-state index in [0.717, 1.165) is 5.69 Å². The van der Waals surface area contributed by atoms with Crippen molar-refractivity contribution in [2.75, 3.05) is 11.9 Å². The maximum atomic E-state index is 15.7. The molecular weight excluding hydrogens is 572 g/mol. The topological polar surface area (TPSA) is 72.3 Å². The molecule has 0 bridgehead atoms. The average molecular weight is 616 g/mol. The van der Waals surface area contributed by atoms with Crippen molar-refractivity contribution in [1.82, 2.24) is 19.7 Å². The van der Waals surface area contributed by atoms with E-state index in [-0.39, 0.29) is 34.7 Å². The Kier molecular flexibility index (Phi) is 9.29. The molecule has 234 valence electrons. The van der Waals surface area contributed by atoms with Gasteiger partial charge in [-0.05, 0) is 99.4 Å². The molecule has 1 aliphatic heterocycles. The van der Waals surface area contributed by atoms with E-state index in [2.05, 4.69) is 41.1 Å². The van der Waals surface area contributed by atoms with Gasteiger partial charge in [0.25, 0.3) is 0 Å². The van der Waals surface area contributed by atoms with Gasteiger partial charge in [0.1, 0.15) is 23.1 Å². The second kappa shape index (κ2) is 12.2. The molecule has 1 aliphatic rings. The Hall–Kier alpha value is -3.04. The van der Waals surface area contributed by atoms with E-state index in [1.54, 1.807) is 25.1 Å². The van der Waals surface area contributed by atoms with Crippen molar-refractivity contribution in [3.8, 4) is 0 Å². The number of halogens is 3. The lowest BCUT2D eigenvalue weighted by Crippen LogP contribution is -2.51. The molecular formula is C33H44ClF2N5O2. The molecule has 0 saturated carbocycles. The van der Waals surface area contributed by atoms with E-state index in [4.69, 9.17) is 16.3 Å². The van der Waals surface area contributed by atoms with Crippen molar-refractivity contribution < 1.29 is 18.3 Å². The van der Waals surface area contributed by atoms with Crippen LogP contribution in [0.1, 0.15) is 83.8 Å². The first-order valence-corrected chi connectivity index (χ1v) is 15.2. The summed E-state index contributed by atoms with van der Waals surface area (Å²) < 4.78 is 38.2. The third-order valence-corrected chi connectivity index (χ3v) is 8.21. The number of esters is 1. The molecule has 4 rings (SSSR count). The monoisotopic (exact) mass is 615 g/mol. The molecule has 0 radical (unpaired) electrons. The number of anilines is 2. The Balaban J connectivity index is 1.64. The van der Waals surface area contributed by atoms with Crippen molar-refractivity contribution >= 4 is 29.2 Å². The molecule has 2 aromatic heterocycles. The Morgan fingerprint density at radius 2 is 1.81 bits per heavy atom. The molecule has 10 heteroatoms. The van der Waals surface area contributed by atoms with Gasteiger partial charge < -0.3 is 10.1 Å². The molecule has 3 heterocycles. The predicted octanol–water partition coefficient (Wildman–Crippen LogP) is 7.88. The number of rotatable bonds is 7. The fraction of sp³-hybridized carbons (Fsp3) is 0.545. The maximum absolute atomic E-state index is 15.7. The Bertz CT molecular complexity index is 1490. The second-order valence-electron chi connectivity index (χ2n) is 13.9. The molecule has 1 aromatic carbocycles. The average Bonchev–Trinajstić information content (AvgIpc) is 3.26. The van der Waals surface area contributed by atoms with Gasteiger partial charge in [-0.3, -0.25) is 14.4 Å². The highest BCUT2D eigenvalue weighted by Gasteiger charge is 2.47. The van der Waals surface area contributed by atoms with E-state index in [9.17, 15) is 9.18 Å². The van der Waals surface area contributed by atoms with Crippen LogP contribution in [0.5, 0.6) is 0 Å². The Morgan fingerprint density at radius 1 is 1.12 bits per heavy atom. The summed E-state index contributed by atoms with van der Waals surface area (Å²) >= 11 is 6.02. The third-order valence-electron chi connectivity index (χ3n) is 7.92. The van der Waals surface area contributed by atoms with E-state index < -0.39 is 22.7 Å². The largest absolute Gasteiger partial charge is 0.460 e. The highest BCUT2D eigenvalue weighted by atomic mass is 35.5. The number of aromatic nitrogens is 3.